The fourth-order valence-corrected chi connectivity index (χ4v) is 2.13. The molecule has 1 atom stereocenters. The first kappa shape index (κ1) is 14.5. The molecule has 0 bridgehead atoms. The highest BCUT2D eigenvalue weighted by Crippen LogP contribution is 2.17. The molecule has 2 aromatic rings. The van der Waals surface area contributed by atoms with Gasteiger partial charge in [0.1, 0.15) is 10.8 Å². The van der Waals surface area contributed by atoms with Crippen LogP contribution in [0.2, 0.25) is 5.02 Å². The van der Waals surface area contributed by atoms with E-state index in [1.54, 1.807) is 19.2 Å². The maximum absolute atomic E-state index is 12.8. The van der Waals surface area contributed by atoms with Crippen molar-refractivity contribution in [1.29, 1.82) is 0 Å². The SMILES string of the molecule is CC(Cc1ccc(F)cc1)Nc1cnn(C)c(=O)c1Cl. The predicted octanol–water partition coefficient (Wildman–Crippen LogP) is 2.62. The number of rotatable bonds is 4. The summed E-state index contributed by atoms with van der Waals surface area (Å²) >= 11 is 5.98. The molecule has 0 amide bonds. The second-order valence-electron chi connectivity index (χ2n) is 4.68. The van der Waals surface area contributed by atoms with Gasteiger partial charge in [-0.3, -0.25) is 4.79 Å². The van der Waals surface area contributed by atoms with Crippen LogP contribution in [-0.4, -0.2) is 15.8 Å². The van der Waals surface area contributed by atoms with E-state index in [1.807, 2.05) is 6.92 Å². The van der Waals surface area contributed by atoms with Crippen LogP contribution in [0, 0.1) is 5.82 Å². The van der Waals surface area contributed by atoms with Gasteiger partial charge < -0.3 is 5.32 Å². The summed E-state index contributed by atoms with van der Waals surface area (Å²) in [7, 11) is 1.54. The Bertz CT molecular complexity index is 654. The lowest BCUT2D eigenvalue weighted by Gasteiger charge is -2.16. The van der Waals surface area contributed by atoms with E-state index in [-0.39, 0.29) is 22.4 Å². The summed E-state index contributed by atoms with van der Waals surface area (Å²) in [6.45, 7) is 1.96. The highest BCUT2D eigenvalue weighted by molar-refractivity contribution is 6.32. The third-order valence-electron chi connectivity index (χ3n) is 2.94. The first-order valence-corrected chi connectivity index (χ1v) is 6.58. The van der Waals surface area contributed by atoms with Crippen molar-refractivity contribution in [1.82, 2.24) is 9.78 Å². The molecular weight excluding hydrogens is 281 g/mol. The van der Waals surface area contributed by atoms with Crippen LogP contribution in [0.15, 0.2) is 35.3 Å². The molecule has 4 nitrogen and oxygen atoms in total. The molecule has 0 fully saturated rings. The number of aromatic nitrogens is 2. The molecule has 0 saturated carbocycles. The lowest BCUT2D eigenvalue weighted by molar-refractivity contribution is 0.626. The van der Waals surface area contributed by atoms with E-state index in [2.05, 4.69) is 10.4 Å². The van der Waals surface area contributed by atoms with Crippen LogP contribution < -0.4 is 10.9 Å². The van der Waals surface area contributed by atoms with Crippen molar-refractivity contribution in [3.05, 3.63) is 57.2 Å². The Kier molecular flexibility index (Phi) is 4.39. The number of nitrogens with zero attached hydrogens (tertiary/aromatic N) is 2. The largest absolute Gasteiger partial charge is 0.380 e. The van der Waals surface area contributed by atoms with E-state index < -0.39 is 0 Å². The summed E-state index contributed by atoms with van der Waals surface area (Å²) in [6.07, 6.45) is 2.21. The van der Waals surface area contributed by atoms with E-state index >= 15 is 0 Å². The van der Waals surface area contributed by atoms with Gasteiger partial charge in [0.15, 0.2) is 0 Å². The zero-order valence-electron chi connectivity index (χ0n) is 11.2. The standard InChI is InChI=1S/C14H15ClFN3O/c1-9(7-10-3-5-11(16)6-4-10)18-12-8-17-19(2)14(20)13(12)15/h3-6,8-9,18H,7H2,1-2H3. The fourth-order valence-electron chi connectivity index (χ4n) is 1.90. The maximum atomic E-state index is 12.8. The van der Waals surface area contributed by atoms with Crippen LogP contribution in [0.1, 0.15) is 12.5 Å². The van der Waals surface area contributed by atoms with Crippen LogP contribution in [0.5, 0.6) is 0 Å². The second-order valence-corrected chi connectivity index (χ2v) is 5.05. The summed E-state index contributed by atoms with van der Waals surface area (Å²) < 4.78 is 14.0. The minimum atomic E-state index is -0.342. The van der Waals surface area contributed by atoms with Crippen molar-refractivity contribution in [2.45, 2.75) is 19.4 Å². The molecule has 0 aliphatic carbocycles. The molecule has 1 aromatic heterocycles. The van der Waals surface area contributed by atoms with Gasteiger partial charge in [0.2, 0.25) is 0 Å². The third-order valence-corrected chi connectivity index (χ3v) is 3.30. The van der Waals surface area contributed by atoms with Crippen molar-refractivity contribution in [3.63, 3.8) is 0 Å². The maximum Gasteiger partial charge on any atom is 0.287 e. The normalized spacial score (nSPS) is 12.2. The molecule has 20 heavy (non-hydrogen) atoms. The summed E-state index contributed by atoms with van der Waals surface area (Å²) in [5.41, 5.74) is 1.16. The highest BCUT2D eigenvalue weighted by Gasteiger charge is 2.10. The van der Waals surface area contributed by atoms with Crippen LogP contribution in [0.3, 0.4) is 0 Å². The molecule has 1 heterocycles. The molecule has 106 valence electrons. The van der Waals surface area contributed by atoms with Gasteiger partial charge in [0, 0.05) is 13.1 Å². The third kappa shape index (κ3) is 3.36. The van der Waals surface area contributed by atoms with Gasteiger partial charge >= 0.3 is 0 Å². The minimum Gasteiger partial charge on any atom is -0.380 e. The smallest absolute Gasteiger partial charge is 0.287 e. The summed E-state index contributed by atoms with van der Waals surface area (Å²) in [6, 6.07) is 6.35. The summed E-state index contributed by atoms with van der Waals surface area (Å²) in [4.78, 5) is 11.7. The average Bonchev–Trinajstić information content (AvgIpc) is 2.42. The van der Waals surface area contributed by atoms with Gasteiger partial charge in [-0.1, -0.05) is 23.7 Å². The van der Waals surface area contributed by atoms with Crippen LogP contribution >= 0.6 is 11.6 Å². The van der Waals surface area contributed by atoms with E-state index in [1.165, 1.54) is 23.0 Å². The number of aryl methyl sites for hydroxylation is 1. The Morgan fingerprint density at radius 1 is 1.40 bits per heavy atom. The van der Waals surface area contributed by atoms with Crippen molar-refractivity contribution < 1.29 is 4.39 Å². The Hall–Kier alpha value is -1.88. The van der Waals surface area contributed by atoms with Crippen molar-refractivity contribution in [3.8, 4) is 0 Å². The summed E-state index contributed by atoms with van der Waals surface area (Å²) in [5, 5.41) is 7.18. The number of hydrogen-bond acceptors (Lipinski definition) is 3. The number of nitrogens with one attached hydrogen (secondary N) is 1. The van der Waals surface area contributed by atoms with Crippen molar-refractivity contribution in [2.24, 2.45) is 7.05 Å². The van der Waals surface area contributed by atoms with Crippen LogP contribution in [0.4, 0.5) is 10.1 Å². The first-order valence-electron chi connectivity index (χ1n) is 6.20. The van der Waals surface area contributed by atoms with E-state index in [4.69, 9.17) is 11.6 Å². The fraction of sp³-hybridized carbons (Fsp3) is 0.286. The second kappa shape index (κ2) is 6.05. The zero-order chi connectivity index (χ0) is 14.7. The predicted molar refractivity (Wildman–Crippen MR) is 77.7 cm³/mol. The molecule has 0 aliphatic rings. The Morgan fingerprint density at radius 3 is 2.70 bits per heavy atom. The Morgan fingerprint density at radius 2 is 2.05 bits per heavy atom. The molecule has 0 spiro atoms. The van der Waals surface area contributed by atoms with E-state index in [0.717, 1.165) is 5.56 Å². The molecular formula is C14H15ClFN3O. The Balaban J connectivity index is 2.08. The van der Waals surface area contributed by atoms with Gasteiger partial charge in [-0.05, 0) is 31.0 Å². The molecule has 0 radical (unpaired) electrons. The van der Waals surface area contributed by atoms with E-state index in [0.29, 0.717) is 12.1 Å². The minimum absolute atomic E-state index is 0.0341. The van der Waals surface area contributed by atoms with Gasteiger partial charge in [-0.25, -0.2) is 9.07 Å². The molecule has 2 rings (SSSR count). The topological polar surface area (TPSA) is 46.9 Å². The van der Waals surface area contributed by atoms with Gasteiger partial charge in [0.25, 0.3) is 5.56 Å². The number of halogens is 2. The quantitative estimate of drug-likeness (QED) is 0.943. The van der Waals surface area contributed by atoms with E-state index in [9.17, 15) is 9.18 Å². The van der Waals surface area contributed by atoms with Crippen molar-refractivity contribution >= 4 is 17.3 Å². The lowest BCUT2D eigenvalue weighted by atomic mass is 10.1. The van der Waals surface area contributed by atoms with Gasteiger partial charge in [-0.2, -0.15) is 5.10 Å². The average molecular weight is 296 g/mol. The van der Waals surface area contributed by atoms with Gasteiger partial charge in [0.05, 0.1) is 11.9 Å². The monoisotopic (exact) mass is 295 g/mol. The van der Waals surface area contributed by atoms with Crippen LogP contribution in [-0.2, 0) is 13.5 Å². The number of benzene rings is 1. The number of hydrogen-bond donors (Lipinski definition) is 1. The highest BCUT2D eigenvalue weighted by atomic mass is 35.5. The van der Waals surface area contributed by atoms with Crippen LogP contribution in [0.25, 0.3) is 0 Å². The molecule has 0 aliphatic heterocycles. The molecule has 1 unspecified atom stereocenters. The molecule has 6 heteroatoms. The summed E-state index contributed by atoms with van der Waals surface area (Å²) in [5.74, 6) is -0.256. The first-order chi connectivity index (χ1) is 9.47. The molecule has 1 aromatic carbocycles. The number of anilines is 1. The van der Waals surface area contributed by atoms with Crippen molar-refractivity contribution in [2.75, 3.05) is 5.32 Å². The zero-order valence-corrected chi connectivity index (χ0v) is 12.0. The molecule has 0 saturated heterocycles. The lowest BCUT2D eigenvalue weighted by Crippen LogP contribution is -2.24. The Labute approximate surface area is 121 Å². The molecule has 1 N–H and O–H groups in total. The van der Waals surface area contributed by atoms with Gasteiger partial charge in [-0.15, -0.1) is 0 Å².